The molecule has 0 aromatic heterocycles. The molecule has 0 spiro atoms. The molecule has 1 unspecified atom stereocenters. The first-order valence-corrected chi connectivity index (χ1v) is 9.82. The van der Waals surface area contributed by atoms with Gasteiger partial charge >= 0.3 is 6.18 Å². The predicted octanol–water partition coefficient (Wildman–Crippen LogP) is 1.89. The Balaban J connectivity index is 1.74. The minimum absolute atomic E-state index is 0.0223. The molecule has 2 heterocycles. The lowest BCUT2D eigenvalue weighted by atomic mass is 10.1. The molecule has 0 radical (unpaired) electrons. The lowest BCUT2D eigenvalue weighted by molar-refractivity contribution is -0.137. The molecular weight excluding hydrogens is 355 g/mol. The van der Waals surface area contributed by atoms with Gasteiger partial charge in [0.05, 0.1) is 28.7 Å². The zero-order valence-electron chi connectivity index (χ0n) is 13.5. The van der Waals surface area contributed by atoms with Crippen molar-refractivity contribution in [3.05, 3.63) is 29.3 Å². The summed E-state index contributed by atoms with van der Waals surface area (Å²) in [6.45, 7) is 1.84. The van der Waals surface area contributed by atoms with Crippen LogP contribution in [0.1, 0.15) is 17.5 Å². The van der Waals surface area contributed by atoms with E-state index < -0.39 is 21.6 Å². The highest BCUT2D eigenvalue weighted by atomic mass is 32.2. The molecule has 0 aliphatic carbocycles. The number of nitriles is 1. The Kier molecular flexibility index (Phi) is 4.68. The van der Waals surface area contributed by atoms with E-state index in [0.29, 0.717) is 32.6 Å². The van der Waals surface area contributed by atoms with Gasteiger partial charge in [-0.2, -0.15) is 18.4 Å². The maximum Gasteiger partial charge on any atom is 0.418 e. The number of hydrogen-bond acceptors (Lipinski definition) is 5. The molecule has 1 aromatic rings. The van der Waals surface area contributed by atoms with E-state index in [9.17, 15) is 21.6 Å². The zero-order chi connectivity index (χ0) is 18.2. The summed E-state index contributed by atoms with van der Waals surface area (Å²) in [6, 6.07) is 5.32. The number of alkyl halides is 3. The highest BCUT2D eigenvalue weighted by Crippen LogP contribution is 2.37. The summed E-state index contributed by atoms with van der Waals surface area (Å²) in [6.07, 6.45) is -3.94. The number of benzene rings is 1. The molecule has 0 amide bonds. The van der Waals surface area contributed by atoms with Gasteiger partial charge in [-0.05, 0) is 24.6 Å². The minimum atomic E-state index is -4.53. The van der Waals surface area contributed by atoms with Crippen LogP contribution in [0.5, 0.6) is 0 Å². The Hall–Kier alpha value is -1.79. The van der Waals surface area contributed by atoms with Crippen molar-refractivity contribution in [2.45, 2.75) is 18.6 Å². The van der Waals surface area contributed by atoms with Crippen molar-refractivity contribution in [3.8, 4) is 6.07 Å². The van der Waals surface area contributed by atoms with Crippen LogP contribution in [0.4, 0.5) is 18.9 Å². The van der Waals surface area contributed by atoms with Crippen LogP contribution in [0.2, 0.25) is 0 Å². The quantitative estimate of drug-likeness (QED) is 0.792. The van der Waals surface area contributed by atoms with E-state index in [4.69, 9.17) is 5.26 Å². The van der Waals surface area contributed by atoms with Crippen molar-refractivity contribution in [2.24, 2.45) is 0 Å². The summed E-state index contributed by atoms with van der Waals surface area (Å²) in [5.74, 6) is 0.323. The van der Waals surface area contributed by atoms with E-state index >= 15 is 0 Å². The summed E-state index contributed by atoms with van der Waals surface area (Å²) in [7, 11) is -2.98. The summed E-state index contributed by atoms with van der Waals surface area (Å²) in [5.41, 5.74) is -0.750. The van der Waals surface area contributed by atoms with Gasteiger partial charge in [-0.1, -0.05) is 0 Å². The standard InChI is InChI=1S/C16H18F3N3O2S/c17-16(18,19)14-9-12(10-20)1-2-15(14)22-6-4-21(5-7-22)13-3-8-25(23,24)11-13/h1-2,9,13H,3-8,11H2. The number of hydrogen-bond donors (Lipinski definition) is 0. The third-order valence-corrected chi connectivity index (χ3v) is 6.56. The van der Waals surface area contributed by atoms with Gasteiger partial charge in [-0.25, -0.2) is 8.42 Å². The SMILES string of the molecule is N#Cc1ccc(N2CCN(C3CCS(=O)(=O)C3)CC2)c(C(F)(F)F)c1. The van der Waals surface area contributed by atoms with E-state index in [-0.39, 0.29) is 28.8 Å². The Morgan fingerprint density at radius 3 is 2.36 bits per heavy atom. The van der Waals surface area contributed by atoms with Crippen LogP contribution in [0.3, 0.4) is 0 Å². The Morgan fingerprint density at radius 1 is 1.16 bits per heavy atom. The number of piperazine rings is 1. The highest BCUT2D eigenvalue weighted by Gasteiger charge is 2.37. The van der Waals surface area contributed by atoms with Crippen molar-refractivity contribution < 1.29 is 21.6 Å². The zero-order valence-corrected chi connectivity index (χ0v) is 14.3. The molecule has 2 fully saturated rings. The second-order valence-corrected chi connectivity index (χ2v) is 8.65. The summed E-state index contributed by atoms with van der Waals surface area (Å²) in [5, 5.41) is 8.84. The molecule has 136 valence electrons. The first-order valence-electron chi connectivity index (χ1n) is 8.00. The average Bonchev–Trinajstić information content (AvgIpc) is 2.93. The molecule has 1 atom stereocenters. The minimum Gasteiger partial charge on any atom is -0.368 e. The maximum atomic E-state index is 13.3. The molecule has 2 aliphatic heterocycles. The topological polar surface area (TPSA) is 64.4 Å². The Labute approximate surface area is 144 Å². The van der Waals surface area contributed by atoms with Crippen molar-refractivity contribution in [3.63, 3.8) is 0 Å². The third-order valence-electron chi connectivity index (χ3n) is 4.81. The maximum absolute atomic E-state index is 13.3. The Morgan fingerprint density at radius 2 is 1.84 bits per heavy atom. The van der Waals surface area contributed by atoms with Gasteiger partial charge in [-0.3, -0.25) is 4.90 Å². The number of anilines is 1. The van der Waals surface area contributed by atoms with Crippen molar-refractivity contribution >= 4 is 15.5 Å². The van der Waals surface area contributed by atoms with Gasteiger partial charge in [0.2, 0.25) is 0 Å². The molecule has 25 heavy (non-hydrogen) atoms. The van der Waals surface area contributed by atoms with Crippen LogP contribution in [-0.2, 0) is 16.0 Å². The van der Waals surface area contributed by atoms with Crippen LogP contribution in [-0.4, -0.2) is 57.0 Å². The van der Waals surface area contributed by atoms with Crippen LogP contribution in [0.25, 0.3) is 0 Å². The lowest BCUT2D eigenvalue weighted by Gasteiger charge is -2.39. The molecule has 0 saturated carbocycles. The van der Waals surface area contributed by atoms with Crippen LogP contribution < -0.4 is 4.90 Å². The normalized spacial score (nSPS) is 24.2. The molecule has 9 heteroatoms. The van der Waals surface area contributed by atoms with Gasteiger partial charge < -0.3 is 4.90 Å². The molecule has 5 nitrogen and oxygen atoms in total. The van der Waals surface area contributed by atoms with E-state index in [1.807, 2.05) is 0 Å². The Bertz CT molecular complexity index is 794. The molecule has 1 aromatic carbocycles. The molecular formula is C16H18F3N3O2S. The molecule has 2 aliphatic rings. The monoisotopic (exact) mass is 373 g/mol. The van der Waals surface area contributed by atoms with Crippen LogP contribution in [0, 0.1) is 11.3 Å². The summed E-state index contributed by atoms with van der Waals surface area (Å²) >= 11 is 0. The fourth-order valence-electron chi connectivity index (χ4n) is 3.50. The van der Waals surface area contributed by atoms with Gasteiger partial charge in [-0.15, -0.1) is 0 Å². The number of sulfone groups is 1. The van der Waals surface area contributed by atoms with Gasteiger partial charge in [0.15, 0.2) is 9.84 Å². The number of halogens is 3. The largest absolute Gasteiger partial charge is 0.418 e. The van der Waals surface area contributed by atoms with E-state index in [1.165, 1.54) is 12.1 Å². The van der Waals surface area contributed by atoms with Gasteiger partial charge in [0.25, 0.3) is 0 Å². The van der Waals surface area contributed by atoms with Crippen LogP contribution >= 0.6 is 0 Å². The van der Waals surface area contributed by atoms with Crippen LogP contribution in [0.15, 0.2) is 18.2 Å². The third kappa shape index (κ3) is 3.90. The fourth-order valence-corrected chi connectivity index (χ4v) is 5.26. The fraction of sp³-hybridized carbons (Fsp3) is 0.562. The molecule has 0 N–H and O–H groups in total. The van der Waals surface area contributed by atoms with E-state index in [2.05, 4.69) is 4.90 Å². The van der Waals surface area contributed by atoms with Crippen molar-refractivity contribution in [2.75, 3.05) is 42.6 Å². The first kappa shape index (κ1) is 18.0. The smallest absolute Gasteiger partial charge is 0.368 e. The number of nitrogens with zero attached hydrogens (tertiary/aromatic N) is 3. The highest BCUT2D eigenvalue weighted by molar-refractivity contribution is 7.91. The second kappa shape index (κ2) is 6.50. The second-order valence-electron chi connectivity index (χ2n) is 6.42. The van der Waals surface area contributed by atoms with E-state index in [1.54, 1.807) is 11.0 Å². The van der Waals surface area contributed by atoms with Crippen molar-refractivity contribution in [1.29, 1.82) is 5.26 Å². The summed E-state index contributed by atoms with van der Waals surface area (Å²) < 4.78 is 63.1. The van der Waals surface area contributed by atoms with E-state index in [0.717, 1.165) is 6.07 Å². The molecule has 2 saturated heterocycles. The molecule has 3 rings (SSSR count). The van der Waals surface area contributed by atoms with Crippen molar-refractivity contribution in [1.82, 2.24) is 4.90 Å². The predicted molar refractivity (Wildman–Crippen MR) is 87.0 cm³/mol. The molecule has 0 bridgehead atoms. The average molecular weight is 373 g/mol. The first-order chi connectivity index (χ1) is 11.7. The summed E-state index contributed by atoms with van der Waals surface area (Å²) in [4.78, 5) is 3.71. The lowest BCUT2D eigenvalue weighted by Crippen LogP contribution is -2.51. The number of rotatable bonds is 2. The van der Waals surface area contributed by atoms with Gasteiger partial charge in [0, 0.05) is 37.9 Å². The van der Waals surface area contributed by atoms with Gasteiger partial charge in [0.1, 0.15) is 0 Å².